The number of fused-ring (bicyclic) bond motifs is 1. The number of hydrogen-bond acceptors (Lipinski definition) is 5. The molecular formula is C23H22FN5O2. The molecule has 4 aromatic rings. The van der Waals surface area contributed by atoms with Crippen LogP contribution in [-0.4, -0.2) is 38.9 Å². The van der Waals surface area contributed by atoms with Crippen LogP contribution < -0.4 is 10.1 Å². The predicted molar refractivity (Wildman–Crippen MR) is 114 cm³/mol. The van der Waals surface area contributed by atoms with Gasteiger partial charge in [0.15, 0.2) is 11.5 Å². The first kappa shape index (κ1) is 20.5. The molecule has 0 unspecified atom stereocenters. The van der Waals surface area contributed by atoms with Crippen LogP contribution in [0.5, 0.6) is 5.88 Å². The van der Waals surface area contributed by atoms with Crippen LogP contribution >= 0.6 is 0 Å². The number of amides is 1. The maximum absolute atomic E-state index is 13.5. The molecule has 0 atom stereocenters. The van der Waals surface area contributed by atoms with E-state index in [0.29, 0.717) is 35.9 Å². The normalized spacial score (nSPS) is 10.9. The maximum Gasteiger partial charge on any atom is 0.231 e. The summed E-state index contributed by atoms with van der Waals surface area (Å²) in [7, 11) is 0. The Morgan fingerprint density at radius 2 is 1.90 bits per heavy atom. The number of nitrogens with zero attached hydrogens (tertiary/aromatic N) is 4. The minimum absolute atomic E-state index is 0.00450. The average molecular weight is 419 g/mol. The smallest absolute Gasteiger partial charge is 0.231 e. The van der Waals surface area contributed by atoms with Crippen molar-refractivity contribution in [3.8, 4) is 17.3 Å². The second kappa shape index (κ2) is 9.80. The molecule has 0 saturated carbocycles. The predicted octanol–water partition coefficient (Wildman–Crippen LogP) is 3.45. The van der Waals surface area contributed by atoms with Gasteiger partial charge in [0, 0.05) is 18.1 Å². The van der Waals surface area contributed by atoms with Crippen molar-refractivity contribution < 1.29 is 13.9 Å². The number of carbonyl (C=O) groups excluding carboxylic acids is 1. The van der Waals surface area contributed by atoms with Gasteiger partial charge in [0.05, 0.1) is 6.54 Å². The molecule has 31 heavy (non-hydrogen) atoms. The molecule has 0 fully saturated rings. The van der Waals surface area contributed by atoms with Gasteiger partial charge in [-0.25, -0.2) is 4.39 Å². The highest BCUT2D eigenvalue weighted by molar-refractivity contribution is 5.75. The molecule has 0 aliphatic carbocycles. The van der Waals surface area contributed by atoms with Crippen molar-refractivity contribution >= 4 is 11.6 Å². The van der Waals surface area contributed by atoms with E-state index in [-0.39, 0.29) is 18.3 Å². The summed E-state index contributed by atoms with van der Waals surface area (Å²) >= 11 is 0. The van der Waals surface area contributed by atoms with Gasteiger partial charge in [-0.15, -0.1) is 15.3 Å². The van der Waals surface area contributed by atoms with E-state index in [9.17, 15) is 9.18 Å². The highest BCUT2D eigenvalue weighted by Crippen LogP contribution is 2.19. The quantitative estimate of drug-likeness (QED) is 0.420. The zero-order chi connectivity index (χ0) is 21.5. The van der Waals surface area contributed by atoms with Gasteiger partial charge >= 0.3 is 0 Å². The molecule has 158 valence electrons. The number of ether oxygens (including phenoxy) is 1. The molecule has 7 nitrogen and oxygen atoms in total. The van der Waals surface area contributed by atoms with Crippen molar-refractivity contribution in [1.82, 2.24) is 25.1 Å². The SMILES string of the molecule is O=C(CCCc1ccccc1)NCCOc1ccc2nnc(-c3cccc(F)c3)n2n1. The summed E-state index contributed by atoms with van der Waals surface area (Å²) in [6.45, 7) is 0.656. The average Bonchev–Trinajstić information content (AvgIpc) is 3.21. The van der Waals surface area contributed by atoms with Gasteiger partial charge < -0.3 is 10.1 Å². The third-order valence-electron chi connectivity index (χ3n) is 4.71. The standard InChI is InChI=1S/C23H22FN5O2/c24-19-10-5-9-18(16-19)23-27-26-20-12-13-22(28-29(20)23)31-15-14-25-21(30)11-4-8-17-6-2-1-3-7-17/h1-3,5-7,9-10,12-13,16H,4,8,11,14-15H2,(H,25,30). The number of hydrogen-bond donors (Lipinski definition) is 1. The monoisotopic (exact) mass is 419 g/mol. The van der Waals surface area contributed by atoms with Crippen molar-refractivity contribution in [1.29, 1.82) is 0 Å². The van der Waals surface area contributed by atoms with E-state index in [0.717, 1.165) is 12.8 Å². The first-order valence-electron chi connectivity index (χ1n) is 10.1. The number of benzene rings is 2. The fourth-order valence-corrected chi connectivity index (χ4v) is 3.19. The molecule has 2 heterocycles. The molecular weight excluding hydrogens is 397 g/mol. The molecule has 0 saturated heterocycles. The Bertz CT molecular complexity index is 1160. The van der Waals surface area contributed by atoms with Crippen molar-refractivity contribution in [2.45, 2.75) is 19.3 Å². The van der Waals surface area contributed by atoms with Crippen LogP contribution in [0.15, 0.2) is 66.7 Å². The van der Waals surface area contributed by atoms with E-state index in [1.165, 1.54) is 22.2 Å². The summed E-state index contributed by atoms with van der Waals surface area (Å²) in [5.74, 6) is 0.422. The summed E-state index contributed by atoms with van der Waals surface area (Å²) in [6, 6.07) is 19.6. The van der Waals surface area contributed by atoms with Crippen molar-refractivity contribution in [3.05, 3.63) is 78.1 Å². The number of nitrogens with one attached hydrogen (secondary N) is 1. The molecule has 0 spiro atoms. The Kier molecular flexibility index (Phi) is 6.47. The highest BCUT2D eigenvalue weighted by atomic mass is 19.1. The number of rotatable bonds is 9. The molecule has 0 aliphatic rings. The Balaban J connectivity index is 1.26. The Morgan fingerprint density at radius 1 is 1.03 bits per heavy atom. The number of halogens is 1. The summed E-state index contributed by atoms with van der Waals surface area (Å²) in [5, 5.41) is 15.4. The van der Waals surface area contributed by atoms with Crippen LogP contribution in [0.25, 0.3) is 17.0 Å². The van der Waals surface area contributed by atoms with Crippen molar-refractivity contribution in [3.63, 3.8) is 0 Å². The van der Waals surface area contributed by atoms with Gasteiger partial charge in [-0.1, -0.05) is 42.5 Å². The van der Waals surface area contributed by atoms with Gasteiger partial charge in [0.25, 0.3) is 0 Å². The number of aromatic nitrogens is 4. The summed E-state index contributed by atoms with van der Waals surface area (Å²) in [4.78, 5) is 12.0. The van der Waals surface area contributed by atoms with E-state index in [4.69, 9.17) is 4.74 Å². The lowest BCUT2D eigenvalue weighted by Gasteiger charge is -2.08. The van der Waals surface area contributed by atoms with Crippen LogP contribution in [0.4, 0.5) is 4.39 Å². The third kappa shape index (κ3) is 5.42. The lowest BCUT2D eigenvalue weighted by Crippen LogP contribution is -2.28. The first-order valence-corrected chi connectivity index (χ1v) is 10.1. The van der Waals surface area contributed by atoms with Crippen LogP contribution in [-0.2, 0) is 11.2 Å². The minimum Gasteiger partial charge on any atom is -0.475 e. The molecule has 0 radical (unpaired) electrons. The molecule has 4 rings (SSSR count). The summed E-state index contributed by atoms with van der Waals surface area (Å²) in [5.41, 5.74) is 2.32. The number of aryl methyl sites for hydroxylation is 1. The van der Waals surface area contributed by atoms with E-state index in [1.54, 1.807) is 24.3 Å². The van der Waals surface area contributed by atoms with Gasteiger partial charge in [-0.2, -0.15) is 4.52 Å². The van der Waals surface area contributed by atoms with E-state index >= 15 is 0 Å². The maximum atomic E-state index is 13.5. The fourth-order valence-electron chi connectivity index (χ4n) is 3.19. The van der Waals surface area contributed by atoms with Crippen LogP contribution in [0, 0.1) is 5.82 Å². The van der Waals surface area contributed by atoms with Crippen molar-refractivity contribution in [2.24, 2.45) is 0 Å². The number of carbonyl (C=O) groups is 1. The second-order valence-electron chi connectivity index (χ2n) is 7.01. The van der Waals surface area contributed by atoms with E-state index < -0.39 is 0 Å². The Hall–Kier alpha value is -3.81. The van der Waals surface area contributed by atoms with Crippen LogP contribution in [0.3, 0.4) is 0 Å². The summed E-state index contributed by atoms with van der Waals surface area (Å²) in [6.07, 6.45) is 2.14. The van der Waals surface area contributed by atoms with Gasteiger partial charge in [-0.3, -0.25) is 4.79 Å². The van der Waals surface area contributed by atoms with E-state index in [2.05, 4.69) is 32.7 Å². The zero-order valence-corrected chi connectivity index (χ0v) is 16.9. The van der Waals surface area contributed by atoms with Crippen LogP contribution in [0.2, 0.25) is 0 Å². The lowest BCUT2D eigenvalue weighted by molar-refractivity contribution is -0.121. The topological polar surface area (TPSA) is 81.4 Å². The first-order chi connectivity index (χ1) is 15.2. The zero-order valence-electron chi connectivity index (χ0n) is 16.9. The van der Waals surface area contributed by atoms with Gasteiger partial charge in [0.2, 0.25) is 11.8 Å². The molecule has 0 aliphatic heterocycles. The fraction of sp³-hybridized carbons (Fsp3) is 0.217. The largest absolute Gasteiger partial charge is 0.475 e. The third-order valence-corrected chi connectivity index (χ3v) is 4.71. The second-order valence-corrected chi connectivity index (χ2v) is 7.01. The molecule has 2 aromatic heterocycles. The molecule has 0 bridgehead atoms. The Labute approximate surface area is 178 Å². The van der Waals surface area contributed by atoms with Gasteiger partial charge in [-0.05, 0) is 36.6 Å². The van der Waals surface area contributed by atoms with Gasteiger partial charge in [0.1, 0.15) is 12.4 Å². The Morgan fingerprint density at radius 3 is 2.74 bits per heavy atom. The minimum atomic E-state index is -0.360. The molecule has 1 N–H and O–H groups in total. The highest BCUT2D eigenvalue weighted by Gasteiger charge is 2.11. The summed E-state index contributed by atoms with van der Waals surface area (Å²) < 4.78 is 20.7. The van der Waals surface area contributed by atoms with Crippen LogP contribution in [0.1, 0.15) is 18.4 Å². The molecule has 1 amide bonds. The lowest BCUT2D eigenvalue weighted by atomic mass is 10.1. The van der Waals surface area contributed by atoms with Crippen molar-refractivity contribution in [2.75, 3.05) is 13.2 Å². The molecule has 2 aromatic carbocycles. The molecule has 8 heteroatoms. The van der Waals surface area contributed by atoms with E-state index in [1.807, 2.05) is 18.2 Å².